The van der Waals surface area contributed by atoms with Crippen molar-refractivity contribution < 1.29 is 4.79 Å². The van der Waals surface area contributed by atoms with E-state index in [1.165, 1.54) is 0 Å². The summed E-state index contributed by atoms with van der Waals surface area (Å²) in [6.45, 7) is 0. The van der Waals surface area contributed by atoms with E-state index in [4.69, 9.17) is 0 Å². The summed E-state index contributed by atoms with van der Waals surface area (Å²) in [5.41, 5.74) is 3.33. The monoisotopic (exact) mass is 329 g/mol. The first-order chi connectivity index (χ1) is 12.2. The minimum Gasteiger partial charge on any atom is -0.334 e. The van der Waals surface area contributed by atoms with Gasteiger partial charge in [-0.15, -0.1) is 0 Å². The molecule has 0 aliphatic carbocycles. The maximum atomic E-state index is 12.2. The number of nitrogens with one attached hydrogen (secondary N) is 1. The fraction of sp³-hybridized carbons (Fsp3) is 0.0526. The molecule has 4 rings (SSSR count). The van der Waals surface area contributed by atoms with Crippen LogP contribution in [-0.4, -0.2) is 25.4 Å². The van der Waals surface area contributed by atoms with E-state index in [2.05, 4.69) is 20.3 Å². The molecule has 0 saturated carbocycles. The normalized spacial score (nSPS) is 10.8. The number of rotatable bonds is 3. The number of amides is 1. The summed E-state index contributed by atoms with van der Waals surface area (Å²) in [6.07, 6.45) is 5.27. The summed E-state index contributed by atoms with van der Waals surface area (Å²) < 4.78 is 1.94. The summed E-state index contributed by atoms with van der Waals surface area (Å²) in [5, 5.41) is 3.64. The molecule has 0 unspecified atom stereocenters. The molecule has 0 saturated heterocycles. The number of carbonyl (C=O) groups excluding carboxylic acids is 1. The first-order valence-corrected chi connectivity index (χ1v) is 7.80. The SMILES string of the molecule is Cn1cncc1-c1ccc2cnc(NC(=O)c3ccccc3)nc2c1. The lowest BCUT2D eigenvalue weighted by atomic mass is 10.1. The van der Waals surface area contributed by atoms with Gasteiger partial charge in [0.15, 0.2) is 0 Å². The van der Waals surface area contributed by atoms with E-state index >= 15 is 0 Å². The summed E-state index contributed by atoms with van der Waals surface area (Å²) in [6, 6.07) is 14.9. The van der Waals surface area contributed by atoms with Gasteiger partial charge in [0, 0.05) is 29.8 Å². The van der Waals surface area contributed by atoms with E-state index in [1.54, 1.807) is 30.9 Å². The fourth-order valence-electron chi connectivity index (χ4n) is 2.64. The van der Waals surface area contributed by atoms with Crippen LogP contribution in [0.1, 0.15) is 10.4 Å². The number of anilines is 1. The van der Waals surface area contributed by atoms with Gasteiger partial charge in [-0.25, -0.2) is 15.0 Å². The third kappa shape index (κ3) is 2.97. The molecule has 0 spiro atoms. The Labute approximate surface area is 144 Å². The first kappa shape index (κ1) is 15.0. The van der Waals surface area contributed by atoms with Gasteiger partial charge in [-0.1, -0.05) is 30.3 Å². The maximum Gasteiger partial charge on any atom is 0.258 e. The highest BCUT2D eigenvalue weighted by Crippen LogP contribution is 2.23. The summed E-state index contributed by atoms with van der Waals surface area (Å²) in [4.78, 5) is 25.1. The number of fused-ring (bicyclic) bond motifs is 1. The van der Waals surface area contributed by atoms with Crippen molar-refractivity contribution in [3.8, 4) is 11.3 Å². The minimum atomic E-state index is -0.234. The van der Waals surface area contributed by atoms with Crippen LogP contribution in [0, 0.1) is 0 Å². The fourth-order valence-corrected chi connectivity index (χ4v) is 2.64. The lowest BCUT2D eigenvalue weighted by Crippen LogP contribution is -2.13. The van der Waals surface area contributed by atoms with Crippen molar-refractivity contribution >= 4 is 22.8 Å². The Hall–Kier alpha value is -3.54. The average Bonchev–Trinajstić information content (AvgIpc) is 3.08. The number of hydrogen-bond donors (Lipinski definition) is 1. The Morgan fingerprint density at radius 3 is 2.68 bits per heavy atom. The zero-order valence-electron chi connectivity index (χ0n) is 13.5. The predicted molar refractivity (Wildman–Crippen MR) is 96.1 cm³/mol. The number of hydrogen-bond acceptors (Lipinski definition) is 4. The standard InChI is InChI=1S/C19H15N5O/c1-24-12-20-11-17(24)14-7-8-15-10-21-19(22-16(15)9-14)23-18(25)13-5-3-2-4-6-13/h2-12H,1H3,(H,21,22,23,25). The van der Waals surface area contributed by atoms with E-state index in [1.807, 2.05) is 48.0 Å². The third-order valence-electron chi connectivity index (χ3n) is 3.96. The van der Waals surface area contributed by atoms with Crippen LogP contribution < -0.4 is 5.32 Å². The van der Waals surface area contributed by atoms with E-state index < -0.39 is 0 Å². The van der Waals surface area contributed by atoms with Gasteiger partial charge in [0.1, 0.15) is 0 Å². The van der Waals surface area contributed by atoms with Crippen LogP contribution in [0.25, 0.3) is 22.2 Å². The van der Waals surface area contributed by atoms with Crippen molar-refractivity contribution in [2.75, 3.05) is 5.32 Å². The number of aryl methyl sites for hydroxylation is 1. The topological polar surface area (TPSA) is 72.7 Å². The van der Waals surface area contributed by atoms with Crippen LogP contribution in [0.3, 0.4) is 0 Å². The highest BCUT2D eigenvalue weighted by molar-refractivity contribution is 6.03. The second-order valence-corrected chi connectivity index (χ2v) is 5.68. The quantitative estimate of drug-likeness (QED) is 0.626. The number of imidazole rings is 1. The molecule has 1 amide bonds. The molecule has 122 valence electrons. The zero-order valence-corrected chi connectivity index (χ0v) is 13.5. The summed E-state index contributed by atoms with van der Waals surface area (Å²) >= 11 is 0. The third-order valence-corrected chi connectivity index (χ3v) is 3.96. The van der Waals surface area contributed by atoms with Crippen LogP contribution in [0.2, 0.25) is 0 Å². The van der Waals surface area contributed by atoms with Crippen LogP contribution in [-0.2, 0) is 7.05 Å². The molecule has 0 aliphatic rings. The molecule has 0 atom stereocenters. The molecule has 6 nitrogen and oxygen atoms in total. The molecule has 2 aromatic heterocycles. The Morgan fingerprint density at radius 1 is 1.08 bits per heavy atom. The Balaban J connectivity index is 1.67. The Bertz CT molecular complexity index is 1060. The van der Waals surface area contributed by atoms with Gasteiger partial charge >= 0.3 is 0 Å². The smallest absolute Gasteiger partial charge is 0.258 e. The van der Waals surface area contributed by atoms with Crippen molar-refractivity contribution in [1.29, 1.82) is 0 Å². The van der Waals surface area contributed by atoms with Crippen molar-refractivity contribution in [1.82, 2.24) is 19.5 Å². The molecule has 1 N–H and O–H groups in total. The molecular formula is C19H15N5O. The van der Waals surface area contributed by atoms with Crippen LogP contribution >= 0.6 is 0 Å². The minimum absolute atomic E-state index is 0.234. The molecule has 0 bridgehead atoms. The Morgan fingerprint density at radius 2 is 1.92 bits per heavy atom. The molecule has 25 heavy (non-hydrogen) atoms. The summed E-state index contributed by atoms with van der Waals surface area (Å²) in [7, 11) is 1.94. The molecular weight excluding hydrogens is 314 g/mol. The lowest BCUT2D eigenvalue weighted by molar-refractivity contribution is 0.102. The van der Waals surface area contributed by atoms with Gasteiger partial charge in [-0.05, 0) is 18.2 Å². The zero-order chi connectivity index (χ0) is 17.2. The van der Waals surface area contributed by atoms with Gasteiger partial charge in [0.25, 0.3) is 5.91 Å². The van der Waals surface area contributed by atoms with E-state index in [9.17, 15) is 4.79 Å². The molecule has 0 radical (unpaired) electrons. The molecule has 6 heteroatoms. The molecule has 2 aromatic carbocycles. The van der Waals surface area contributed by atoms with E-state index in [0.29, 0.717) is 5.56 Å². The second kappa shape index (κ2) is 6.16. The predicted octanol–water partition coefficient (Wildman–Crippen LogP) is 3.28. The highest BCUT2D eigenvalue weighted by Gasteiger charge is 2.09. The second-order valence-electron chi connectivity index (χ2n) is 5.68. The van der Waals surface area contributed by atoms with Gasteiger partial charge in [0.05, 0.1) is 23.7 Å². The maximum absolute atomic E-state index is 12.2. The van der Waals surface area contributed by atoms with Crippen LogP contribution in [0.15, 0.2) is 67.3 Å². The van der Waals surface area contributed by atoms with Crippen molar-refractivity contribution in [2.45, 2.75) is 0 Å². The number of aromatic nitrogens is 4. The van der Waals surface area contributed by atoms with E-state index in [0.717, 1.165) is 22.2 Å². The summed E-state index contributed by atoms with van der Waals surface area (Å²) in [5.74, 6) is 0.0475. The van der Waals surface area contributed by atoms with Crippen molar-refractivity contribution in [3.05, 3.63) is 72.8 Å². The lowest BCUT2D eigenvalue weighted by Gasteiger charge is -2.07. The van der Waals surface area contributed by atoms with Gasteiger partial charge in [-0.3, -0.25) is 10.1 Å². The van der Waals surface area contributed by atoms with Crippen molar-refractivity contribution in [3.63, 3.8) is 0 Å². The van der Waals surface area contributed by atoms with Gasteiger partial charge in [-0.2, -0.15) is 0 Å². The van der Waals surface area contributed by atoms with Crippen LogP contribution in [0.5, 0.6) is 0 Å². The van der Waals surface area contributed by atoms with Crippen LogP contribution in [0.4, 0.5) is 5.95 Å². The molecule has 4 aromatic rings. The largest absolute Gasteiger partial charge is 0.334 e. The van der Waals surface area contributed by atoms with Gasteiger partial charge < -0.3 is 4.57 Å². The Kier molecular flexibility index (Phi) is 3.70. The van der Waals surface area contributed by atoms with Gasteiger partial charge in [0.2, 0.25) is 5.95 Å². The number of nitrogens with zero attached hydrogens (tertiary/aromatic N) is 4. The number of carbonyl (C=O) groups is 1. The molecule has 2 heterocycles. The molecule has 0 fully saturated rings. The first-order valence-electron chi connectivity index (χ1n) is 7.80. The number of benzene rings is 2. The van der Waals surface area contributed by atoms with Crippen molar-refractivity contribution in [2.24, 2.45) is 7.05 Å². The molecule has 0 aliphatic heterocycles. The highest BCUT2D eigenvalue weighted by atomic mass is 16.1. The average molecular weight is 329 g/mol. The van der Waals surface area contributed by atoms with E-state index in [-0.39, 0.29) is 11.9 Å².